The third-order valence-corrected chi connectivity index (χ3v) is 11.8. The summed E-state index contributed by atoms with van der Waals surface area (Å²) in [4.78, 5) is 26.1. The molecule has 0 bridgehead atoms. The minimum absolute atomic E-state index is 0.0725. The molecule has 0 aromatic heterocycles. The molecule has 0 aliphatic heterocycles. The van der Waals surface area contributed by atoms with Crippen molar-refractivity contribution >= 4 is 11.9 Å². The number of aliphatic hydroxyl groups excluding tert-OH is 2. The Morgan fingerprint density at radius 2 is 0.915 bits per heavy atom. The van der Waals surface area contributed by atoms with Gasteiger partial charge in [-0.05, 0) is 44.9 Å². The van der Waals surface area contributed by atoms with E-state index in [-0.39, 0.29) is 24.9 Å². The van der Waals surface area contributed by atoms with E-state index < -0.39 is 18.2 Å². The molecule has 0 spiro atoms. The SMILES string of the molecule is CC/C=C/C=C/C=C\CCCCCCCC(=O)OC(CCCCCCCCCCCC)CC(=O)NC(CO)C(O)CCCCCCCCCCCCCCCCCCC. The first-order valence-electron chi connectivity index (χ1n) is 25.7. The highest BCUT2D eigenvalue weighted by Gasteiger charge is 2.24. The fourth-order valence-electron chi connectivity index (χ4n) is 7.90. The highest BCUT2D eigenvalue weighted by molar-refractivity contribution is 5.77. The Labute approximate surface area is 366 Å². The maximum absolute atomic E-state index is 13.2. The molecule has 0 aliphatic rings. The normalized spacial score (nSPS) is 13.5. The van der Waals surface area contributed by atoms with Crippen LogP contribution in [-0.2, 0) is 14.3 Å². The number of hydrogen-bond donors (Lipinski definition) is 3. The van der Waals surface area contributed by atoms with E-state index in [9.17, 15) is 19.8 Å². The lowest BCUT2D eigenvalue weighted by Crippen LogP contribution is -2.46. The van der Waals surface area contributed by atoms with E-state index in [1.807, 2.05) is 0 Å². The molecule has 0 fully saturated rings. The summed E-state index contributed by atoms with van der Waals surface area (Å²) >= 11 is 0. The van der Waals surface area contributed by atoms with Gasteiger partial charge in [-0.15, -0.1) is 0 Å². The van der Waals surface area contributed by atoms with E-state index in [1.165, 1.54) is 148 Å². The zero-order chi connectivity index (χ0) is 43.1. The zero-order valence-corrected chi connectivity index (χ0v) is 39.4. The molecule has 0 radical (unpaired) electrons. The Morgan fingerprint density at radius 1 is 0.508 bits per heavy atom. The largest absolute Gasteiger partial charge is 0.462 e. The Kier molecular flexibility index (Phi) is 45.6. The quantitative estimate of drug-likeness (QED) is 0.0323. The van der Waals surface area contributed by atoms with Crippen LogP contribution in [0.15, 0.2) is 36.5 Å². The molecule has 3 unspecified atom stereocenters. The first-order valence-corrected chi connectivity index (χ1v) is 25.7. The van der Waals surface area contributed by atoms with Crippen LogP contribution in [0.3, 0.4) is 0 Å². The number of rotatable bonds is 46. The van der Waals surface area contributed by atoms with Gasteiger partial charge >= 0.3 is 5.97 Å². The van der Waals surface area contributed by atoms with E-state index in [0.29, 0.717) is 19.3 Å². The Balaban J connectivity index is 4.45. The second-order valence-electron chi connectivity index (χ2n) is 17.6. The van der Waals surface area contributed by atoms with Crippen LogP contribution in [0.2, 0.25) is 0 Å². The third-order valence-electron chi connectivity index (χ3n) is 11.8. The molecule has 6 nitrogen and oxygen atoms in total. The van der Waals surface area contributed by atoms with Crippen molar-refractivity contribution in [3.8, 4) is 0 Å². The molecule has 0 aromatic rings. The molecule has 1 amide bonds. The van der Waals surface area contributed by atoms with E-state index in [0.717, 1.165) is 70.6 Å². The summed E-state index contributed by atoms with van der Waals surface area (Å²) in [5.41, 5.74) is 0. The van der Waals surface area contributed by atoms with Crippen LogP contribution < -0.4 is 5.32 Å². The molecule has 3 atom stereocenters. The van der Waals surface area contributed by atoms with Crippen LogP contribution in [0.5, 0.6) is 0 Å². The van der Waals surface area contributed by atoms with Gasteiger partial charge in [-0.1, -0.05) is 243 Å². The lowest BCUT2D eigenvalue weighted by Gasteiger charge is -2.24. The van der Waals surface area contributed by atoms with Gasteiger partial charge in [0.2, 0.25) is 5.91 Å². The highest BCUT2D eigenvalue weighted by atomic mass is 16.5. The topological polar surface area (TPSA) is 95.9 Å². The first-order chi connectivity index (χ1) is 29.0. The predicted molar refractivity (Wildman–Crippen MR) is 255 cm³/mol. The van der Waals surface area contributed by atoms with E-state index >= 15 is 0 Å². The van der Waals surface area contributed by atoms with E-state index in [1.54, 1.807) is 0 Å². The number of allylic oxidation sites excluding steroid dienone is 6. The summed E-state index contributed by atoms with van der Waals surface area (Å²) in [6, 6.07) is -0.702. The minimum Gasteiger partial charge on any atom is -0.462 e. The molecule has 6 heteroatoms. The molecule has 3 N–H and O–H groups in total. The fourth-order valence-corrected chi connectivity index (χ4v) is 7.90. The number of carbonyl (C=O) groups excluding carboxylic acids is 2. The van der Waals surface area contributed by atoms with Gasteiger partial charge < -0.3 is 20.3 Å². The standard InChI is InChI=1S/C53H99NO5/c1-4-7-10-13-16-19-22-24-25-26-27-29-30-33-36-39-42-45-51(56)50(48-55)54-52(57)47-49(44-41-38-35-32-21-18-15-12-9-6-3)59-53(58)46-43-40-37-34-31-28-23-20-17-14-11-8-5-2/h8,11,14,17,20,23,49-51,55-56H,4-7,9-10,12-13,15-16,18-19,21-22,24-48H2,1-3H3,(H,54,57)/b11-8+,17-14+,23-20-. The van der Waals surface area contributed by atoms with Gasteiger partial charge in [0, 0.05) is 6.42 Å². The highest BCUT2D eigenvalue weighted by Crippen LogP contribution is 2.18. The second kappa shape index (κ2) is 47.1. The summed E-state index contributed by atoms with van der Waals surface area (Å²) in [6.45, 7) is 6.35. The van der Waals surface area contributed by atoms with Gasteiger partial charge in [-0.3, -0.25) is 9.59 Å². The van der Waals surface area contributed by atoms with Crippen molar-refractivity contribution in [1.29, 1.82) is 0 Å². The van der Waals surface area contributed by atoms with Crippen LogP contribution in [0, 0.1) is 0 Å². The van der Waals surface area contributed by atoms with Crippen molar-refractivity contribution in [2.75, 3.05) is 6.61 Å². The van der Waals surface area contributed by atoms with Crippen LogP contribution in [0.1, 0.15) is 265 Å². The number of nitrogens with one attached hydrogen (secondary N) is 1. The number of esters is 1. The zero-order valence-electron chi connectivity index (χ0n) is 39.4. The summed E-state index contributed by atoms with van der Waals surface area (Å²) in [6.07, 6.45) is 54.9. The number of unbranched alkanes of at least 4 members (excludes halogenated alkanes) is 30. The molecule has 59 heavy (non-hydrogen) atoms. The molecular formula is C53H99NO5. The van der Waals surface area contributed by atoms with Crippen molar-refractivity contribution in [3.05, 3.63) is 36.5 Å². The molecule has 0 aromatic carbocycles. The third kappa shape index (κ3) is 42.6. The predicted octanol–water partition coefficient (Wildman–Crippen LogP) is 15.3. The molecule has 0 heterocycles. The van der Waals surface area contributed by atoms with Crippen LogP contribution in [0.25, 0.3) is 0 Å². The first kappa shape index (κ1) is 57.1. The maximum atomic E-state index is 13.2. The molecule has 346 valence electrons. The summed E-state index contributed by atoms with van der Waals surface area (Å²) in [5, 5.41) is 23.8. The maximum Gasteiger partial charge on any atom is 0.306 e. The number of amides is 1. The van der Waals surface area contributed by atoms with Crippen LogP contribution in [-0.4, -0.2) is 46.9 Å². The number of carbonyl (C=O) groups is 2. The Morgan fingerprint density at radius 3 is 1.37 bits per heavy atom. The summed E-state index contributed by atoms with van der Waals surface area (Å²) in [5.74, 6) is -0.489. The van der Waals surface area contributed by atoms with Gasteiger partial charge in [-0.25, -0.2) is 0 Å². The number of aliphatic hydroxyl groups is 2. The summed E-state index contributed by atoms with van der Waals surface area (Å²) in [7, 11) is 0. The molecule has 0 aliphatic carbocycles. The molecule has 0 rings (SSSR count). The Bertz CT molecular complexity index is 977. The fraction of sp³-hybridized carbons (Fsp3) is 0.849. The van der Waals surface area contributed by atoms with Crippen molar-refractivity contribution in [3.63, 3.8) is 0 Å². The van der Waals surface area contributed by atoms with Gasteiger partial charge in [0.25, 0.3) is 0 Å². The van der Waals surface area contributed by atoms with E-state index in [2.05, 4.69) is 62.5 Å². The van der Waals surface area contributed by atoms with Crippen LogP contribution >= 0.6 is 0 Å². The smallest absolute Gasteiger partial charge is 0.306 e. The van der Waals surface area contributed by atoms with Crippen LogP contribution in [0.4, 0.5) is 0 Å². The number of hydrogen-bond acceptors (Lipinski definition) is 5. The molecular weight excluding hydrogens is 731 g/mol. The van der Waals surface area contributed by atoms with Crippen molar-refractivity contribution in [2.45, 2.75) is 283 Å². The molecule has 0 saturated heterocycles. The van der Waals surface area contributed by atoms with E-state index in [4.69, 9.17) is 4.74 Å². The lowest BCUT2D eigenvalue weighted by atomic mass is 10.0. The average molecular weight is 830 g/mol. The number of ether oxygens (including phenoxy) is 1. The van der Waals surface area contributed by atoms with Gasteiger partial charge in [0.1, 0.15) is 6.10 Å². The van der Waals surface area contributed by atoms with Gasteiger partial charge in [0.05, 0.1) is 25.2 Å². The van der Waals surface area contributed by atoms with Gasteiger partial charge in [0.15, 0.2) is 0 Å². The van der Waals surface area contributed by atoms with Crippen molar-refractivity contribution in [2.24, 2.45) is 0 Å². The average Bonchev–Trinajstić information content (AvgIpc) is 3.23. The van der Waals surface area contributed by atoms with Crippen molar-refractivity contribution in [1.82, 2.24) is 5.32 Å². The molecule has 0 saturated carbocycles. The second-order valence-corrected chi connectivity index (χ2v) is 17.6. The monoisotopic (exact) mass is 830 g/mol. The van der Waals surface area contributed by atoms with Gasteiger partial charge in [-0.2, -0.15) is 0 Å². The Hall–Kier alpha value is -1.92. The van der Waals surface area contributed by atoms with Crippen molar-refractivity contribution < 1.29 is 24.5 Å². The minimum atomic E-state index is -0.788. The summed E-state index contributed by atoms with van der Waals surface area (Å²) < 4.78 is 5.91. The lowest BCUT2D eigenvalue weighted by molar-refractivity contribution is -0.151.